The summed E-state index contributed by atoms with van der Waals surface area (Å²) in [6, 6.07) is 4.08. The Morgan fingerprint density at radius 3 is 2.43 bits per heavy atom. The van der Waals surface area contributed by atoms with E-state index in [2.05, 4.69) is 10.0 Å². The molecule has 6 nitrogen and oxygen atoms in total. The highest BCUT2D eigenvalue weighted by Gasteiger charge is 2.20. The first-order valence-electron chi connectivity index (χ1n) is 7.20. The molecule has 1 rings (SSSR count). The summed E-state index contributed by atoms with van der Waals surface area (Å²) in [6.45, 7) is 4.03. The van der Waals surface area contributed by atoms with E-state index < -0.39 is 10.0 Å². The molecule has 0 aliphatic rings. The number of hydrogen-bond acceptors (Lipinski definition) is 4. The van der Waals surface area contributed by atoms with Gasteiger partial charge < -0.3 is 5.32 Å². The second kappa shape index (κ2) is 8.42. The molecule has 0 aliphatic carbocycles. The van der Waals surface area contributed by atoms with Gasteiger partial charge in [-0.15, -0.1) is 0 Å². The Balaban J connectivity index is 2.99. The van der Waals surface area contributed by atoms with E-state index in [1.54, 1.807) is 0 Å². The molecule has 0 unspecified atom stereocenters. The predicted molar refractivity (Wildman–Crippen MR) is 89.1 cm³/mol. The Morgan fingerprint density at radius 2 is 1.87 bits per heavy atom. The molecule has 0 radical (unpaired) electrons. The van der Waals surface area contributed by atoms with E-state index in [1.165, 1.54) is 25.2 Å². The van der Waals surface area contributed by atoms with Crippen LogP contribution in [0.4, 0.5) is 0 Å². The summed E-state index contributed by atoms with van der Waals surface area (Å²) in [4.78, 5) is 23.1. The monoisotopic (exact) mass is 360 g/mol. The third-order valence-corrected chi connectivity index (χ3v) is 4.99. The second-order valence-electron chi connectivity index (χ2n) is 5.49. The molecular formula is C15H21ClN2O4S. The van der Waals surface area contributed by atoms with Gasteiger partial charge in [0.1, 0.15) is 4.90 Å². The average molecular weight is 361 g/mol. The first-order chi connectivity index (χ1) is 10.7. The Morgan fingerprint density at radius 1 is 1.22 bits per heavy atom. The van der Waals surface area contributed by atoms with Crippen LogP contribution >= 0.6 is 11.6 Å². The zero-order valence-corrected chi connectivity index (χ0v) is 14.9. The van der Waals surface area contributed by atoms with Gasteiger partial charge in [-0.1, -0.05) is 25.4 Å². The summed E-state index contributed by atoms with van der Waals surface area (Å²) < 4.78 is 27.0. The van der Waals surface area contributed by atoms with Crippen LogP contribution in [0.5, 0.6) is 0 Å². The van der Waals surface area contributed by atoms with E-state index in [-0.39, 0.29) is 52.5 Å². The molecule has 0 saturated heterocycles. The predicted octanol–water partition coefficient (Wildman–Crippen LogP) is 1.98. The number of rotatable bonds is 8. The van der Waals surface area contributed by atoms with Crippen molar-refractivity contribution in [1.82, 2.24) is 10.0 Å². The van der Waals surface area contributed by atoms with Gasteiger partial charge >= 0.3 is 0 Å². The van der Waals surface area contributed by atoms with Crippen LogP contribution < -0.4 is 10.0 Å². The molecule has 8 heteroatoms. The van der Waals surface area contributed by atoms with Gasteiger partial charge in [0.05, 0.1) is 5.02 Å². The summed E-state index contributed by atoms with van der Waals surface area (Å²) in [5.74, 6) is -0.426. The molecule has 128 valence electrons. The maximum Gasteiger partial charge on any atom is 0.242 e. The number of hydrogen-bond donors (Lipinski definition) is 2. The van der Waals surface area contributed by atoms with Gasteiger partial charge in [-0.25, -0.2) is 13.1 Å². The van der Waals surface area contributed by atoms with Gasteiger partial charge in [0.15, 0.2) is 5.78 Å². The van der Waals surface area contributed by atoms with Crippen LogP contribution in [0.15, 0.2) is 23.1 Å². The fraction of sp³-hybridized carbons (Fsp3) is 0.467. The second-order valence-corrected chi connectivity index (χ2v) is 7.63. The third-order valence-electron chi connectivity index (χ3n) is 3.08. The lowest BCUT2D eigenvalue weighted by Crippen LogP contribution is -2.28. The van der Waals surface area contributed by atoms with Crippen molar-refractivity contribution in [2.24, 2.45) is 5.92 Å². The molecule has 0 saturated carbocycles. The molecule has 0 spiro atoms. The highest BCUT2D eigenvalue weighted by molar-refractivity contribution is 7.89. The number of benzene rings is 1. The highest BCUT2D eigenvalue weighted by atomic mass is 35.5. The molecule has 0 fully saturated rings. The van der Waals surface area contributed by atoms with E-state index in [9.17, 15) is 18.0 Å². The van der Waals surface area contributed by atoms with E-state index in [0.717, 1.165) is 0 Å². The van der Waals surface area contributed by atoms with Crippen molar-refractivity contribution in [1.29, 1.82) is 0 Å². The van der Waals surface area contributed by atoms with Gasteiger partial charge in [-0.2, -0.15) is 0 Å². The smallest absolute Gasteiger partial charge is 0.242 e. The maximum absolute atomic E-state index is 12.3. The number of halogens is 1. The Labute approximate surface area is 141 Å². The van der Waals surface area contributed by atoms with Crippen molar-refractivity contribution >= 4 is 33.3 Å². The van der Waals surface area contributed by atoms with E-state index in [1.807, 2.05) is 13.8 Å². The fourth-order valence-electron chi connectivity index (χ4n) is 1.73. The number of nitrogens with one attached hydrogen (secondary N) is 2. The fourth-order valence-corrected chi connectivity index (χ4v) is 3.47. The number of amides is 1. The summed E-state index contributed by atoms with van der Waals surface area (Å²) in [5.41, 5.74) is 0.211. The highest BCUT2D eigenvalue weighted by Crippen LogP contribution is 2.23. The molecule has 0 aromatic heterocycles. The van der Waals surface area contributed by atoms with Crippen LogP contribution in [0.1, 0.15) is 37.0 Å². The number of sulfonamides is 1. The largest absolute Gasteiger partial charge is 0.359 e. The Kier molecular flexibility index (Phi) is 7.18. The Bertz CT molecular complexity index is 687. The van der Waals surface area contributed by atoms with Gasteiger partial charge in [0, 0.05) is 32.0 Å². The first-order valence-corrected chi connectivity index (χ1v) is 9.06. The minimum Gasteiger partial charge on any atom is -0.359 e. The summed E-state index contributed by atoms with van der Waals surface area (Å²) in [5, 5.41) is 2.47. The summed E-state index contributed by atoms with van der Waals surface area (Å²) in [7, 11) is -2.31. The molecule has 1 aromatic carbocycles. The van der Waals surface area contributed by atoms with Crippen LogP contribution in [-0.2, 0) is 14.8 Å². The van der Waals surface area contributed by atoms with E-state index >= 15 is 0 Å². The van der Waals surface area contributed by atoms with E-state index in [4.69, 9.17) is 11.6 Å². The standard InChI is InChI=1S/C15H21ClN2O4S/c1-10(2)9-18-23(21,22)14-8-11(4-5-12(14)16)13(19)6-7-15(20)17-3/h4-5,8,10,18H,6-7,9H2,1-3H3,(H,17,20). The number of carbonyl (C=O) groups excluding carboxylic acids is 2. The minimum absolute atomic E-state index is 0.000214. The lowest BCUT2D eigenvalue weighted by atomic mass is 10.1. The molecule has 1 amide bonds. The van der Waals surface area contributed by atoms with Crippen LogP contribution in [0.25, 0.3) is 0 Å². The Hall–Kier alpha value is -1.44. The molecule has 0 bridgehead atoms. The first kappa shape index (κ1) is 19.6. The summed E-state index contributed by atoms with van der Waals surface area (Å²) in [6.07, 6.45) is 0.0475. The number of ketones is 1. The summed E-state index contributed by atoms with van der Waals surface area (Å²) >= 11 is 5.96. The average Bonchev–Trinajstić information content (AvgIpc) is 2.50. The molecule has 2 N–H and O–H groups in total. The zero-order chi connectivity index (χ0) is 17.6. The lowest BCUT2D eigenvalue weighted by molar-refractivity contribution is -0.120. The van der Waals surface area contributed by atoms with Crippen LogP contribution in [0.3, 0.4) is 0 Å². The van der Waals surface area contributed by atoms with Gasteiger partial charge in [-0.05, 0) is 24.1 Å². The molecule has 1 aromatic rings. The zero-order valence-electron chi connectivity index (χ0n) is 13.3. The van der Waals surface area contributed by atoms with Crippen molar-refractivity contribution in [3.63, 3.8) is 0 Å². The van der Waals surface area contributed by atoms with Crippen LogP contribution in [0.2, 0.25) is 5.02 Å². The maximum atomic E-state index is 12.3. The normalized spacial score (nSPS) is 11.5. The number of Topliss-reactive ketones (excluding diaryl/α,β-unsaturated/α-hetero) is 1. The van der Waals surface area contributed by atoms with Crippen LogP contribution in [0, 0.1) is 5.92 Å². The number of carbonyl (C=O) groups is 2. The lowest BCUT2D eigenvalue weighted by Gasteiger charge is -2.11. The van der Waals surface area contributed by atoms with Crippen LogP contribution in [-0.4, -0.2) is 33.7 Å². The van der Waals surface area contributed by atoms with Crippen molar-refractivity contribution < 1.29 is 18.0 Å². The van der Waals surface area contributed by atoms with Crippen molar-refractivity contribution in [3.05, 3.63) is 28.8 Å². The SMILES string of the molecule is CNC(=O)CCC(=O)c1ccc(Cl)c(S(=O)(=O)NCC(C)C)c1. The van der Waals surface area contributed by atoms with Gasteiger partial charge in [0.25, 0.3) is 0 Å². The third kappa shape index (κ3) is 5.93. The van der Waals surface area contributed by atoms with Gasteiger partial charge in [-0.3, -0.25) is 9.59 Å². The molecule has 23 heavy (non-hydrogen) atoms. The molecule has 0 atom stereocenters. The molecule has 0 aliphatic heterocycles. The quantitative estimate of drug-likeness (QED) is 0.693. The van der Waals surface area contributed by atoms with Crippen molar-refractivity contribution in [2.75, 3.05) is 13.6 Å². The van der Waals surface area contributed by atoms with E-state index in [0.29, 0.717) is 0 Å². The topological polar surface area (TPSA) is 92.3 Å². The molecule has 0 heterocycles. The van der Waals surface area contributed by atoms with Crippen molar-refractivity contribution in [3.8, 4) is 0 Å². The minimum atomic E-state index is -3.79. The van der Waals surface area contributed by atoms with Crippen molar-refractivity contribution in [2.45, 2.75) is 31.6 Å². The molecular weight excluding hydrogens is 340 g/mol. The van der Waals surface area contributed by atoms with Gasteiger partial charge in [0.2, 0.25) is 15.9 Å².